The van der Waals surface area contributed by atoms with Crippen LogP contribution in [0.25, 0.3) is 0 Å². The number of carbonyl (C=O) groups excluding carboxylic acids is 3. The van der Waals surface area contributed by atoms with Crippen molar-refractivity contribution in [3.05, 3.63) is 41.6 Å². The first-order chi connectivity index (χ1) is 16.4. The van der Waals surface area contributed by atoms with Crippen molar-refractivity contribution in [2.45, 2.75) is 32.6 Å². The van der Waals surface area contributed by atoms with Gasteiger partial charge >= 0.3 is 0 Å². The second kappa shape index (κ2) is 10.1. The zero-order valence-corrected chi connectivity index (χ0v) is 19.6. The Hall–Kier alpha value is -3.69. The molecule has 34 heavy (non-hydrogen) atoms. The monoisotopic (exact) mass is 466 g/mol. The van der Waals surface area contributed by atoms with E-state index in [1.807, 2.05) is 9.80 Å². The average molecular weight is 467 g/mol. The first-order valence-corrected chi connectivity index (χ1v) is 11.6. The number of primary amides is 1. The Morgan fingerprint density at radius 1 is 1.18 bits per heavy atom. The quantitative estimate of drug-likeness (QED) is 0.716. The fraction of sp³-hybridized carbons (Fsp3) is 0.458. The van der Waals surface area contributed by atoms with Crippen molar-refractivity contribution < 1.29 is 19.1 Å². The second-order valence-electron chi connectivity index (χ2n) is 8.65. The summed E-state index contributed by atoms with van der Waals surface area (Å²) in [6, 6.07) is 5.35. The zero-order chi connectivity index (χ0) is 24.2. The summed E-state index contributed by atoms with van der Waals surface area (Å²) < 4.78 is 7.26. The molecule has 2 aliphatic rings. The van der Waals surface area contributed by atoms with E-state index in [2.05, 4.69) is 9.98 Å². The van der Waals surface area contributed by atoms with E-state index >= 15 is 0 Å². The molecule has 0 bridgehead atoms. The Morgan fingerprint density at radius 3 is 2.65 bits per heavy atom. The Morgan fingerprint density at radius 2 is 1.94 bits per heavy atom. The molecule has 2 aromatic rings. The van der Waals surface area contributed by atoms with Gasteiger partial charge in [-0.3, -0.25) is 23.9 Å². The van der Waals surface area contributed by atoms with E-state index in [0.717, 1.165) is 38.0 Å². The van der Waals surface area contributed by atoms with Gasteiger partial charge in [0.25, 0.3) is 5.91 Å². The molecule has 10 nitrogen and oxygen atoms in total. The van der Waals surface area contributed by atoms with E-state index in [-0.39, 0.29) is 18.2 Å². The molecular formula is C24H30N6O4. The van der Waals surface area contributed by atoms with Crippen LogP contribution in [-0.2, 0) is 4.79 Å². The normalized spacial score (nSPS) is 17.1. The number of amides is 2. The summed E-state index contributed by atoms with van der Waals surface area (Å²) in [4.78, 5) is 49.6. The van der Waals surface area contributed by atoms with Gasteiger partial charge in [0, 0.05) is 56.6 Å². The molecule has 1 atom stereocenters. The highest BCUT2D eigenvalue weighted by Crippen LogP contribution is 2.35. The Balaban J connectivity index is 1.61. The van der Waals surface area contributed by atoms with E-state index in [0.29, 0.717) is 35.8 Å². The van der Waals surface area contributed by atoms with Crippen LogP contribution in [0.2, 0.25) is 0 Å². The third kappa shape index (κ3) is 4.80. The summed E-state index contributed by atoms with van der Waals surface area (Å²) in [5, 5.41) is 0. The summed E-state index contributed by atoms with van der Waals surface area (Å²) in [7, 11) is 1.60. The Kier molecular flexibility index (Phi) is 6.95. The molecule has 2 aromatic heterocycles. The van der Waals surface area contributed by atoms with Crippen molar-refractivity contribution in [1.82, 2.24) is 14.5 Å². The van der Waals surface area contributed by atoms with Crippen LogP contribution in [0.1, 0.15) is 47.8 Å². The lowest BCUT2D eigenvalue weighted by molar-refractivity contribution is -0.118. The van der Waals surface area contributed by atoms with Crippen molar-refractivity contribution in [1.29, 1.82) is 0 Å². The standard InChI is InChI=1S/C24H30N6O4/c1-16(12-20(25)31)23(32)30-9-6-18(14-21(30)26-2)29-10-11-34-19-13-17(15-27-22(19)29)24(33)28-7-4-3-5-8-28/h6,9,13-16H,3-5,7-8,10-12H2,1-2H3,(H2,25,31)/b26-21-. The SMILES string of the molecule is C/N=c1/cc(N2CCOc3cc(C(=O)N4CCCCC4)cnc32)ccn1C(=O)C(C)CC(N)=O. The third-order valence-electron chi connectivity index (χ3n) is 6.18. The van der Waals surface area contributed by atoms with E-state index < -0.39 is 11.8 Å². The van der Waals surface area contributed by atoms with Crippen LogP contribution in [0, 0.1) is 5.92 Å². The number of carbonyl (C=O) groups is 3. The van der Waals surface area contributed by atoms with Gasteiger partial charge in [-0.1, -0.05) is 6.92 Å². The Labute approximate surface area is 198 Å². The average Bonchev–Trinajstić information content (AvgIpc) is 2.86. The lowest BCUT2D eigenvalue weighted by atomic mass is 10.1. The maximum Gasteiger partial charge on any atom is 0.255 e. The van der Waals surface area contributed by atoms with Crippen molar-refractivity contribution in [3.63, 3.8) is 0 Å². The molecule has 0 radical (unpaired) electrons. The number of rotatable bonds is 5. The topological polar surface area (TPSA) is 123 Å². The molecular weight excluding hydrogens is 436 g/mol. The number of pyridine rings is 2. The molecule has 0 saturated carbocycles. The minimum absolute atomic E-state index is 0.0212. The van der Waals surface area contributed by atoms with E-state index in [1.165, 1.54) is 4.57 Å². The number of aromatic nitrogens is 2. The summed E-state index contributed by atoms with van der Waals surface area (Å²) in [5.41, 5.74) is 7.00. The first-order valence-electron chi connectivity index (χ1n) is 11.6. The lowest BCUT2D eigenvalue weighted by Gasteiger charge is -2.31. The number of anilines is 2. The predicted molar refractivity (Wildman–Crippen MR) is 126 cm³/mol. The van der Waals surface area contributed by atoms with Crippen molar-refractivity contribution in [3.8, 4) is 5.75 Å². The molecule has 0 spiro atoms. The van der Waals surface area contributed by atoms with Gasteiger partial charge in [0.15, 0.2) is 11.6 Å². The third-order valence-corrected chi connectivity index (χ3v) is 6.18. The van der Waals surface area contributed by atoms with E-state index in [1.54, 1.807) is 44.6 Å². The highest BCUT2D eigenvalue weighted by molar-refractivity contribution is 5.95. The van der Waals surface area contributed by atoms with Crippen LogP contribution in [0.15, 0.2) is 35.6 Å². The molecule has 180 valence electrons. The molecule has 1 fully saturated rings. The van der Waals surface area contributed by atoms with Crippen LogP contribution < -0.4 is 20.9 Å². The summed E-state index contributed by atoms with van der Waals surface area (Å²) in [6.45, 7) is 4.19. The number of piperidine rings is 1. The molecule has 2 aliphatic heterocycles. The fourth-order valence-electron chi connectivity index (χ4n) is 4.38. The van der Waals surface area contributed by atoms with Gasteiger partial charge in [0.1, 0.15) is 12.1 Å². The molecule has 0 aliphatic carbocycles. The lowest BCUT2D eigenvalue weighted by Crippen LogP contribution is -2.36. The molecule has 0 aromatic carbocycles. The van der Waals surface area contributed by atoms with Gasteiger partial charge in [-0.15, -0.1) is 0 Å². The van der Waals surface area contributed by atoms with Crippen molar-refractivity contribution in [2.75, 3.05) is 38.2 Å². The van der Waals surface area contributed by atoms with Gasteiger partial charge in [0.2, 0.25) is 11.8 Å². The minimum atomic E-state index is -0.560. The Bertz CT molecular complexity index is 1170. The highest BCUT2D eigenvalue weighted by Gasteiger charge is 2.26. The molecule has 4 heterocycles. The van der Waals surface area contributed by atoms with E-state index in [4.69, 9.17) is 10.5 Å². The second-order valence-corrected chi connectivity index (χ2v) is 8.65. The van der Waals surface area contributed by atoms with Crippen molar-refractivity contribution in [2.24, 2.45) is 16.6 Å². The zero-order valence-electron chi connectivity index (χ0n) is 19.6. The number of likely N-dealkylation sites (tertiary alicyclic amines) is 1. The van der Waals surface area contributed by atoms with Gasteiger partial charge in [-0.2, -0.15) is 0 Å². The summed E-state index contributed by atoms with van der Waals surface area (Å²) in [6.07, 6.45) is 6.41. The predicted octanol–water partition coefficient (Wildman–Crippen LogP) is 1.72. The van der Waals surface area contributed by atoms with Crippen LogP contribution >= 0.6 is 0 Å². The molecule has 2 N–H and O–H groups in total. The van der Waals surface area contributed by atoms with Crippen LogP contribution in [0.3, 0.4) is 0 Å². The number of fused-ring (bicyclic) bond motifs is 1. The maximum absolute atomic E-state index is 12.9. The van der Waals surface area contributed by atoms with E-state index in [9.17, 15) is 14.4 Å². The number of hydrogen-bond donors (Lipinski definition) is 1. The van der Waals surface area contributed by atoms with Gasteiger partial charge in [-0.25, -0.2) is 4.98 Å². The first kappa shape index (κ1) is 23.5. The smallest absolute Gasteiger partial charge is 0.255 e. The molecule has 1 unspecified atom stereocenters. The highest BCUT2D eigenvalue weighted by atomic mass is 16.5. The number of hydrogen-bond acceptors (Lipinski definition) is 7. The maximum atomic E-state index is 12.9. The number of nitrogens with zero attached hydrogens (tertiary/aromatic N) is 5. The van der Waals surface area contributed by atoms with Gasteiger partial charge < -0.3 is 20.3 Å². The molecule has 10 heteroatoms. The largest absolute Gasteiger partial charge is 0.488 e. The molecule has 1 saturated heterocycles. The molecule has 2 amide bonds. The number of nitrogens with two attached hydrogens (primary N) is 1. The van der Waals surface area contributed by atoms with Gasteiger partial charge in [0.05, 0.1) is 12.1 Å². The molecule has 4 rings (SSSR count). The van der Waals surface area contributed by atoms with Crippen LogP contribution in [0.5, 0.6) is 5.75 Å². The fourth-order valence-corrected chi connectivity index (χ4v) is 4.38. The van der Waals surface area contributed by atoms with Crippen LogP contribution in [-0.4, -0.2) is 65.5 Å². The number of ether oxygens (including phenoxy) is 1. The van der Waals surface area contributed by atoms with Gasteiger partial charge in [-0.05, 0) is 31.4 Å². The van der Waals surface area contributed by atoms with Crippen molar-refractivity contribution >= 4 is 29.2 Å². The van der Waals surface area contributed by atoms with Crippen LogP contribution in [0.4, 0.5) is 11.5 Å². The summed E-state index contributed by atoms with van der Waals surface area (Å²) in [5.74, 6) is -0.209. The minimum Gasteiger partial charge on any atom is -0.488 e. The summed E-state index contributed by atoms with van der Waals surface area (Å²) >= 11 is 0.